The first-order chi connectivity index (χ1) is 7.86. The van der Waals surface area contributed by atoms with Crippen molar-refractivity contribution in [1.29, 1.82) is 0 Å². The fourth-order valence-electron chi connectivity index (χ4n) is 1.30. The molecule has 0 bridgehead atoms. The summed E-state index contributed by atoms with van der Waals surface area (Å²) in [6.45, 7) is 5.80. The maximum absolute atomic E-state index is 3.31. The van der Waals surface area contributed by atoms with E-state index in [0.29, 0.717) is 0 Å². The van der Waals surface area contributed by atoms with Crippen LogP contribution in [0.1, 0.15) is 13.8 Å². The summed E-state index contributed by atoms with van der Waals surface area (Å²) in [4.78, 5) is 0. The quantitative estimate of drug-likeness (QED) is 0.709. The van der Waals surface area contributed by atoms with E-state index in [2.05, 4.69) is 47.1 Å². The van der Waals surface area contributed by atoms with Crippen LogP contribution in [0.15, 0.2) is 48.6 Å². The zero-order valence-corrected chi connectivity index (χ0v) is 10.0. The topological polar surface area (TPSA) is 24.1 Å². The average Bonchev–Trinajstić information content (AvgIpc) is 2.32. The van der Waals surface area contributed by atoms with Crippen molar-refractivity contribution in [2.45, 2.75) is 13.8 Å². The van der Waals surface area contributed by atoms with E-state index in [0.717, 1.165) is 24.5 Å². The molecule has 0 spiro atoms. The number of benzene rings is 1. The summed E-state index contributed by atoms with van der Waals surface area (Å²) in [5.74, 6) is 0. The summed E-state index contributed by atoms with van der Waals surface area (Å²) < 4.78 is 0. The van der Waals surface area contributed by atoms with Gasteiger partial charge in [0.15, 0.2) is 0 Å². The standard InChI is InChI=1S/C14H20N2/c1-3-5-11-15-13-7-9-14(10-8-13)16-12-6-4-2/h3-10,15-16H,11-12H2,1-2H3. The molecule has 0 aliphatic rings. The lowest BCUT2D eigenvalue weighted by molar-refractivity contribution is 1.30. The van der Waals surface area contributed by atoms with E-state index in [1.807, 2.05) is 26.0 Å². The Bertz CT molecular complexity index is 301. The average molecular weight is 216 g/mol. The van der Waals surface area contributed by atoms with Crippen molar-refractivity contribution >= 4 is 11.4 Å². The highest BCUT2D eigenvalue weighted by molar-refractivity contribution is 5.53. The third-order valence-electron chi connectivity index (χ3n) is 2.20. The Balaban J connectivity index is 2.41. The monoisotopic (exact) mass is 216 g/mol. The predicted molar refractivity (Wildman–Crippen MR) is 73.0 cm³/mol. The molecule has 0 unspecified atom stereocenters. The minimum atomic E-state index is 0.877. The van der Waals surface area contributed by atoms with Crippen molar-refractivity contribution in [1.82, 2.24) is 0 Å². The second-order valence-corrected chi connectivity index (χ2v) is 3.48. The lowest BCUT2D eigenvalue weighted by atomic mass is 10.2. The van der Waals surface area contributed by atoms with Crippen molar-refractivity contribution in [3.05, 3.63) is 48.6 Å². The molecule has 1 aromatic carbocycles. The molecule has 2 nitrogen and oxygen atoms in total. The highest BCUT2D eigenvalue weighted by Gasteiger charge is 1.91. The molecule has 0 heterocycles. The van der Waals surface area contributed by atoms with Crippen LogP contribution in [0.5, 0.6) is 0 Å². The lowest BCUT2D eigenvalue weighted by Crippen LogP contribution is -2.00. The zero-order chi connectivity index (χ0) is 11.6. The van der Waals surface area contributed by atoms with Gasteiger partial charge in [-0.15, -0.1) is 0 Å². The van der Waals surface area contributed by atoms with Gasteiger partial charge in [-0.1, -0.05) is 24.3 Å². The van der Waals surface area contributed by atoms with Crippen LogP contribution in [0.2, 0.25) is 0 Å². The third-order valence-corrected chi connectivity index (χ3v) is 2.20. The smallest absolute Gasteiger partial charge is 0.0344 e. The summed E-state index contributed by atoms with van der Waals surface area (Å²) >= 11 is 0. The van der Waals surface area contributed by atoms with Crippen LogP contribution in [0, 0.1) is 0 Å². The fourth-order valence-corrected chi connectivity index (χ4v) is 1.30. The molecular formula is C14H20N2. The van der Waals surface area contributed by atoms with Gasteiger partial charge in [-0.2, -0.15) is 0 Å². The predicted octanol–water partition coefficient (Wildman–Crippen LogP) is 3.66. The van der Waals surface area contributed by atoms with Gasteiger partial charge in [0, 0.05) is 24.5 Å². The Labute approximate surface area is 98.1 Å². The van der Waals surface area contributed by atoms with Gasteiger partial charge in [-0.05, 0) is 38.1 Å². The molecular weight excluding hydrogens is 196 g/mol. The van der Waals surface area contributed by atoms with Gasteiger partial charge in [0.2, 0.25) is 0 Å². The van der Waals surface area contributed by atoms with Crippen LogP contribution < -0.4 is 10.6 Å². The van der Waals surface area contributed by atoms with Gasteiger partial charge in [0.1, 0.15) is 0 Å². The first kappa shape index (κ1) is 12.4. The first-order valence-corrected chi connectivity index (χ1v) is 5.67. The molecule has 0 radical (unpaired) electrons. The minimum absolute atomic E-state index is 0.877. The fraction of sp³-hybridized carbons (Fsp3) is 0.286. The summed E-state index contributed by atoms with van der Waals surface area (Å²) in [7, 11) is 0. The summed E-state index contributed by atoms with van der Waals surface area (Å²) in [5.41, 5.74) is 2.30. The Morgan fingerprint density at radius 1 is 0.812 bits per heavy atom. The molecule has 0 amide bonds. The van der Waals surface area contributed by atoms with Crippen LogP contribution >= 0.6 is 0 Å². The molecule has 2 N–H and O–H groups in total. The zero-order valence-electron chi connectivity index (χ0n) is 10.0. The SMILES string of the molecule is CC=CCNc1ccc(NCC=CC)cc1. The Kier molecular flexibility index (Phi) is 5.86. The third kappa shape index (κ3) is 4.69. The van der Waals surface area contributed by atoms with Crippen molar-refractivity contribution in [2.24, 2.45) is 0 Å². The molecule has 0 saturated heterocycles. The van der Waals surface area contributed by atoms with E-state index in [-0.39, 0.29) is 0 Å². The summed E-state index contributed by atoms with van der Waals surface area (Å²) in [6.07, 6.45) is 8.27. The van der Waals surface area contributed by atoms with Gasteiger partial charge in [0.25, 0.3) is 0 Å². The van der Waals surface area contributed by atoms with Crippen molar-refractivity contribution in [3.8, 4) is 0 Å². The van der Waals surface area contributed by atoms with E-state index in [1.165, 1.54) is 0 Å². The Morgan fingerprint density at radius 3 is 1.50 bits per heavy atom. The summed E-state index contributed by atoms with van der Waals surface area (Å²) in [5, 5.41) is 6.62. The Morgan fingerprint density at radius 2 is 1.19 bits per heavy atom. The summed E-state index contributed by atoms with van der Waals surface area (Å²) in [6, 6.07) is 8.34. The van der Waals surface area contributed by atoms with Crippen LogP contribution in [-0.4, -0.2) is 13.1 Å². The van der Waals surface area contributed by atoms with Crippen molar-refractivity contribution in [3.63, 3.8) is 0 Å². The van der Waals surface area contributed by atoms with Crippen LogP contribution in [0.25, 0.3) is 0 Å². The Hall–Kier alpha value is -1.70. The van der Waals surface area contributed by atoms with Crippen LogP contribution in [-0.2, 0) is 0 Å². The molecule has 2 heteroatoms. The van der Waals surface area contributed by atoms with Gasteiger partial charge >= 0.3 is 0 Å². The van der Waals surface area contributed by atoms with E-state index in [4.69, 9.17) is 0 Å². The molecule has 0 fully saturated rings. The molecule has 1 rings (SSSR count). The van der Waals surface area contributed by atoms with Crippen LogP contribution in [0.3, 0.4) is 0 Å². The number of allylic oxidation sites excluding steroid dienone is 2. The molecule has 0 saturated carbocycles. The first-order valence-electron chi connectivity index (χ1n) is 5.67. The van der Waals surface area contributed by atoms with E-state index in [9.17, 15) is 0 Å². The van der Waals surface area contributed by atoms with E-state index >= 15 is 0 Å². The second kappa shape index (κ2) is 7.57. The van der Waals surface area contributed by atoms with Gasteiger partial charge in [-0.25, -0.2) is 0 Å². The maximum atomic E-state index is 3.31. The minimum Gasteiger partial charge on any atom is -0.382 e. The highest BCUT2D eigenvalue weighted by Crippen LogP contribution is 2.12. The molecule has 0 aromatic heterocycles. The van der Waals surface area contributed by atoms with Crippen molar-refractivity contribution < 1.29 is 0 Å². The number of anilines is 2. The normalized spacial score (nSPS) is 11.1. The number of rotatable bonds is 6. The largest absolute Gasteiger partial charge is 0.382 e. The van der Waals surface area contributed by atoms with E-state index in [1.54, 1.807) is 0 Å². The number of hydrogen-bond donors (Lipinski definition) is 2. The van der Waals surface area contributed by atoms with E-state index < -0.39 is 0 Å². The number of hydrogen-bond acceptors (Lipinski definition) is 2. The van der Waals surface area contributed by atoms with Gasteiger partial charge < -0.3 is 10.6 Å². The van der Waals surface area contributed by atoms with Crippen molar-refractivity contribution in [2.75, 3.05) is 23.7 Å². The second-order valence-electron chi connectivity index (χ2n) is 3.48. The molecule has 86 valence electrons. The molecule has 1 aromatic rings. The molecule has 0 atom stereocenters. The van der Waals surface area contributed by atoms with Crippen LogP contribution in [0.4, 0.5) is 11.4 Å². The van der Waals surface area contributed by atoms with Gasteiger partial charge in [-0.3, -0.25) is 0 Å². The molecule has 0 aliphatic heterocycles. The highest BCUT2D eigenvalue weighted by atomic mass is 14.9. The maximum Gasteiger partial charge on any atom is 0.0344 e. The van der Waals surface area contributed by atoms with Gasteiger partial charge in [0.05, 0.1) is 0 Å². The molecule has 0 aliphatic carbocycles. The lowest BCUT2D eigenvalue weighted by Gasteiger charge is -2.06. The number of nitrogens with one attached hydrogen (secondary N) is 2. The molecule has 16 heavy (non-hydrogen) atoms.